The van der Waals surface area contributed by atoms with Gasteiger partial charge in [-0.15, -0.1) is 0 Å². The average molecular weight is 652 g/mol. The monoisotopic (exact) mass is 651 g/mol. The number of primary amides is 1. The number of Topliss-reactive ketones (excluding diaryl/α,β-unsaturated/α-hetero) is 1. The lowest BCUT2D eigenvalue weighted by Gasteiger charge is -2.45. The molecule has 3 fully saturated rings. The van der Waals surface area contributed by atoms with Gasteiger partial charge in [0.25, 0.3) is 5.91 Å². The molecular weight excluding hydrogens is 594 g/mol. The third kappa shape index (κ3) is 8.73. The molecule has 3 aliphatic rings. The Morgan fingerprint density at radius 2 is 1.60 bits per heavy atom. The molecule has 5 amide bonds. The number of likely N-dealkylation sites (tertiary alicyclic amines) is 1. The Morgan fingerprint density at radius 1 is 0.957 bits per heavy atom. The van der Waals surface area contributed by atoms with Crippen LogP contribution in [0.25, 0.3) is 0 Å². The lowest BCUT2D eigenvalue weighted by Crippen LogP contribution is -2.63. The van der Waals surface area contributed by atoms with Crippen molar-refractivity contribution in [3.63, 3.8) is 0 Å². The molecule has 2 saturated carbocycles. The standard InChI is InChI=1S/C37H57N5O5/c1-7-27(25-14-10-8-11-15-25)37(19-12-9-13-20-37)41-35(47)40-31(36(4,5)6)34(46)42-21-18-26(23(2)3)29(42)33(45)39-28(22-24-16-17-24)30(43)32(38)44/h8,10-11,14-15,23-24,26-29,31H,7,9,12-13,16-22H2,1-6H3,(H2,38,44)(H,39,45)(H2,40,41,47)/t26-,27?,28?,29+,31-/m1/s1. The molecule has 10 nitrogen and oxygen atoms in total. The van der Waals surface area contributed by atoms with Crippen molar-refractivity contribution in [3.8, 4) is 0 Å². The Labute approximate surface area is 280 Å². The number of rotatable bonds is 13. The summed E-state index contributed by atoms with van der Waals surface area (Å²) in [5.74, 6) is -2.36. The molecule has 4 rings (SSSR count). The van der Waals surface area contributed by atoms with Crippen LogP contribution in [-0.2, 0) is 19.2 Å². The maximum Gasteiger partial charge on any atom is 0.315 e. The third-order valence-corrected chi connectivity index (χ3v) is 10.8. The molecule has 2 unspecified atom stereocenters. The van der Waals surface area contributed by atoms with Crippen LogP contribution in [0.15, 0.2) is 30.3 Å². The van der Waals surface area contributed by atoms with Crippen molar-refractivity contribution < 1.29 is 24.0 Å². The van der Waals surface area contributed by atoms with Crippen LogP contribution in [0.3, 0.4) is 0 Å². The molecule has 0 aromatic heterocycles. The summed E-state index contributed by atoms with van der Waals surface area (Å²) < 4.78 is 0. The summed E-state index contributed by atoms with van der Waals surface area (Å²) in [4.78, 5) is 68.5. The predicted molar refractivity (Wildman–Crippen MR) is 182 cm³/mol. The van der Waals surface area contributed by atoms with Crippen LogP contribution in [0.1, 0.15) is 117 Å². The average Bonchev–Trinajstić information content (AvgIpc) is 3.72. The van der Waals surface area contributed by atoms with Gasteiger partial charge in [0.2, 0.25) is 17.6 Å². The van der Waals surface area contributed by atoms with Gasteiger partial charge in [-0.05, 0) is 60.8 Å². The minimum atomic E-state index is -1.08. The van der Waals surface area contributed by atoms with E-state index >= 15 is 0 Å². The Hall–Kier alpha value is -3.43. The second-order valence-electron chi connectivity index (χ2n) is 15.6. The SMILES string of the molecule is CCC(c1ccccc1)C1(NC(=O)N[C@H](C(=O)N2CC[C@H](C(C)C)[C@H]2C(=O)NC(CC2CC2)C(=O)C(N)=O)C(C)(C)C)CCCCC1. The van der Waals surface area contributed by atoms with Crippen LogP contribution in [0.4, 0.5) is 4.79 Å². The van der Waals surface area contributed by atoms with Crippen LogP contribution in [0.5, 0.6) is 0 Å². The van der Waals surface area contributed by atoms with Crippen molar-refractivity contribution in [2.75, 3.05) is 6.54 Å². The molecule has 5 N–H and O–H groups in total. The van der Waals surface area contributed by atoms with Gasteiger partial charge in [0.05, 0.1) is 6.04 Å². The lowest BCUT2D eigenvalue weighted by atomic mass is 9.69. The summed E-state index contributed by atoms with van der Waals surface area (Å²) >= 11 is 0. The summed E-state index contributed by atoms with van der Waals surface area (Å²) in [6, 6.07) is 7.18. The molecule has 2 aliphatic carbocycles. The molecule has 1 aromatic carbocycles. The van der Waals surface area contributed by atoms with Gasteiger partial charge in [0.15, 0.2) is 0 Å². The Bertz CT molecular complexity index is 1280. The van der Waals surface area contributed by atoms with E-state index in [9.17, 15) is 24.0 Å². The number of nitrogens with two attached hydrogens (primary N) is 1. The van der Waals surface area contributed by atoms with Crippen molar-refractivity contribution in [3.05, 3.63) is 35.9 Å². The van der Waals surface area contributed by atoms with E-state index < -0.39 is 46.7 Å². The van der Waals surface area contributed by atoms with Gasteiger partial charge in [0.1, 0.15) is 12.1 Å². The second kappa shape index (κ2) is 15.2. The summed E-state index contributed by atoms with van der Waals surface area (Å²) in [6.45, 7) is 12.3. The first kappa shape index (κ1) is 36.4. The highest BCUT2D eigenvalue weighted by Crippen LogP contribution is 2.42. The minimum Gasteiger partial charge on any atom is -0.363 e. The van der Waals surface area contributed by atoms with E-state index in [1.165, 1.54) is 5.56 Å². The highest BCUT2D eigenvalue weighted by Gasteiger charge is 2.49. The topological polar surface area (TPSA) is 151 Å². The first-order valence-electron chi connectivity index (χ1n) is 17.8. The van der Waals surface area contributed by atoms with Crippen LogP contribution in [0, 0.1) is 23.2 Å². The molecule has 1 aromatic rings. The molecule has 0 radical (unpaired) electrons. The van der Waals surface area contributed by atoms with E-state index in [2.05, 4.69) is 35.0 Å². The number of urea groups is 1. The Kier molecular flexibility index (Phi) is 11.8. The van der Waals surface area contributed by atoms with Crippen molar-refractivity contribution in [1.29, 1.82) is 0 Å². The van der Waals surface area contributed by atoms with Crippen LogP contribution < -0.4 is 21.7 Å². The molecule has 5 atom stereocenters. The quantitative estimate of drug-likeness (QED) is 0.226. The zero-order valence-corrected chi connectivity index (χ0v) is 29.3. The number of carbonyl (C=O) groups is 5. The van der Waals surface area contributed by atoms with E-state index in [1.807, 2.05) is 52.8 Å². The van der Waals surface area contributed by atoms with Gasteiger partial charge in [-0.3, -0.25) is 19.2 Å². The molecule has 1 aliphatic heterocycles. The fraction of sp³-hybridized carbons (Fsp3) is 0.703. The summed E-state index contributed by atoms with van der Waals surface area (Å²) in [7, 11) is 0. The first-order chi connectivity index (χ1) is 22.2. The van der Waals surface area contributed by atoms with Crippen LogP contribution in [-0.4, -0.2) is 64.6 Å². The molecule has 1 heterocycles. The number of amides is 5. The van der Waals surface area contributed by atoms with Crippen LogP contribution in [0.2, 0.25) is 0 Å². The third-order valence-electron chi connectivity index (χ3n) is 10.8. The van der Waals surface area contributed by atoms with Gasteiger partial charge in [-0.1, -0.05) is 104 Å². The first-order valence-corrected chi connectivity index (χ1v) is 17.8. The van der Waals surface area contributed by atoms with Gasteiger partial charge in [0, 0.05) is 18.0 Å². The van der Waals surface area contributed by atoms with Gasteiger partial charge in [-0.25, -0.2) is 4.79 Å². The highest BCUT2D eigenvalue weighted by molar-refractivity contribution is 6.37. The van der Waals surface area contributed by atoms with Crippen LogP contribution >= 0.6 is 0 Å². The van der Waals surface area contributed by atoms with E-state index in [0.29, 0.717) is 19.4 Å². The van der Waals surface area contributed by atoms with Crippen molar-refractivity contribution in [1.82, 2.24) is 20.9 Å². The zero-order valence-electron chi connectivity index (χ0n) is 29.3. The number of nitrogens with one attached hydrogen (secondary N) is 3. The molecule has 1 saturated heterocycles. The number of nitrogens with zero attached hydrogens (tertiary/aromatic N) is 1. The molecule has 0 spiro atoms. The van der Waals surface area contributed by atoms with Gasteiger partial charge >= 0.3 is 6.03 Å². The minimum absolute atomic E-state index is 0.0803. The maximum absolute atomic E-state index is 14.5. The number of carbonyl (C=O) groups excluding carboxylic acids is 5. The molecular formula is C37H57N5O5. The largest absolute Gasteiger partial charge is 0.363 e. The molecule has 0 bridgehead atoms. The van der Waals surface area contributed by atoms with E-state index in [1.54, 1.807) is 4.90 Å². The molecule has 260 valence electrons. The fourth-order valence-corrected chi connectivity index (χ4v) is 8.03. The van der Waals surface area contributed by atoms with Crippen molar-refractivity contribution >= 4 is 29.5 Å². The Balaban J connectivity index is 1.57. The van der Waals surface area contributed by atoms with Gasteiger partial charge < -0.3 is 26.6 Å². The Morgan fingerprint density at radius 3 is 2.13 bits per heavy atom. The normalized spacial score (nSPS) is 23.0. The number of hydrogen-bond donors (Lipinski definition) is 4. The van der Waals surface area contributed by atoms with Gasteiger partial charge in [-0.2, -0.15) is 0 Å². The van der Waals surface area contributed by atoms with Crippen molar-refractivity contribution in [2.45, 2.75) is 135 Å². The summed E-state index contributed by atoms with van der Waals surface area (Å²) in [5.41, 5.74) is 5.43. The number of ketones is 1. The predicted octanol–water partition coefficient (Wildman–Crippen LogP) is 4.81. The summed E-state index contributed by atoms with van der Waals surface area (Å²) in [6.07, 6.45) is 8.60. The highest BCUT2D eigenvalue weighted by atomic mass is 16.2. The maximum atomic E-state index is 14.5. The number of hydrogen-bond acceptors (Lipinski definition) is 5. The molecule has 47 heavy (non-hydrogen) atoms. The lowest BCUT2D eigenvalue weighted by molar-refractivity contribution is -0.144. The van der Waals surface area contributed by atoms with E-state index in [4.69, 9.17) is 5.73 Å². The zero-order chi connectivity index (χ0) is 34.5. The van der Waals surface area contributed by atoms with E-state index in [0.717, 1.165) is 51.4 Å². The fourth-order valence-electron chi connectivity index (χ4n) is 8.03. The smallest absolute Gasteiger partial charge is 0.315 e. The number of benzene rings is 1. The van der Waals surface area contributed by atoms with Crippen molar-refractivity contribution in [2.24, 2.45) is 28.9 Å². The second-order valence-corrected chi connectivity index (χ2v) is 15.6. The molecule has 10 heteroatoms. The summed E-state index contributed by atoms with van der Waals surface area (Å²) in [5, 5.41) is 9.25. The van der Waals surface area contributed by atoms with E-state index in [-0.39, 0.29) is 35.6 Å².